The van der Waals surface area contributed by atoms with Gasteiger partial charge in [-0.3, -0.25) is 9.88 Å². The van der Waals surface area contributed by atoms with E-state index in [2.05, 4.69) is 34.1 Å². The van der Waals surface area contributed by atoms with Gasteiger partial charge < -0.3 is 10.1 Å². The predicted molar refractivity (Wildman–Crippen MR) is 166 cm³/mol. The van der Waals surface area contributed by atoms with Crippen LogP contribution < -0.4 is 0 Å². The molecule has 0 aliphatic carbocycles. The van der Waals surface area contributed by atoms with Crippen LogP contribution in [0.5, 0.6) is 0 Å². The summed E-state index contributed by atoms with van der Waals surface area (Å²) in [5.74, 6) is -0.525. The average Bonchev–Trinajstić information content (AvgIpc) is 3.59. The Kier molecular flexibility index (Phi) is 7.44. The van der Waals surface area contributed by atoms with Crippen molar-refractivity contribution in [3.05, 3.63) is 81.5 Å². The van der Waals surface area contributed by atoms with Crippen molar-refractivity contribution in [3.63, 3.8) is 0 Å². The van der Waals surface area contributed by atoms with Gasteiger partial charge in [0, 0.05) is 51.8 Å². The number of nitrogens with zero attached hydrogens (tertiary/aromatic N) is 4. The fraction of sp³-hybridized carbons (Fsp3) is 0.303. The molecule has 1 fully saturated rings. The zero-order chi connectivity index (χ0) is 29.8. The van der Waals surface area contributed by atoms with E-state index in [9.17, 15) is 10.4 Å². The van der Waals surface area contributed by atoms with Crippen molar-refractivity contribution < 1.29 is 9.50 Å². The number of nitriles is 1. The van der Waals surface area contributed by atoms with Gasteiger partial charge >= 0.3 is 0 Å². The highest BCUT2D eigenvalue weighted by Crippen LogP contribution is 2.43. The number of rotatable bonds is 6. The first-order valence-corrected chi connectivity index (χ1v) is 14.7. The van der Waals surface area contributed by atoms with Gasteiger partial charge in [0.05, 0.1) is 33.0 Å². The van der Waals surface area contributed by atoms with E-state index in [4.69, 9.17) is 28.2 Å². The second-order valence-corrected chi connectivity index (χ2v) is 12.3. The molecule has 1 atom stereocenters. The summed E-state index contributed by atoms with van der Waals surface area (Å²) < 4.78 is 16.9. The molecule has 5 aromatic rings. The third-order valence-electron chi connectivity index (χ3n) is 8.18. The van der Waals surface area contributed by atoms with E-state index < -0.39 is 11.4 Å². The van der Waals surface area contributed by atoms with E-state index in [1.165, 1.54) is 0 Å². The molecule has 9 heteroatoms. The molecule has 1 unspecified atom stereocenters. The van der Waals surface area contributed by atoms with Crippen molar-refractivity contribution >= 4 is 45.0 Å². The first kappa shape index (κ1) is 28.6. The van der Waals surface area contributed by atoms with E-state index in [1.54, 1.807) is 44.3 Å². The van der Waals surface area contributed by atoms with Gasteiger partial charge in [-0.15, -0.1) is 0 Å². The van der Waals surface area contributed by atoms with Gasteiger partial charge in [0.1, 0.15) is 11.1 Å². The lowest BCUT2D eigenvalue weighted by molar-refractivity contribution is 0.0739. The fourth-order valence-electron chi connectivity index (χ4n) is 6.01. The Balaban J connectivity index is 1.68. The number of aromatic amines is 1. The summed E-state index contributed by atoms with van der Waals surface area (Å²) in [5.41, 5.74) is 4.12. The number of aliphatic hydroxyl groups is 1. The lowest BCUT2D eigenvalue weighted by Crippen LogP contribution is -2.17. The SMILES string of the molecule is CN1CCCC1c1cc2c(-c3ccc(C(C)(C)O)nc3)nc3c(F)c(-c4cccc(Cl)c4Cl)c(CCC#N)cc3c2[nH]1. The quantitative estimate of drug-likeness (QED) is 0.204. The van der Waals surface area contributed by atoms with Crippen LogP contribution in [-0.2, 0) is 12.0 Å². The fourth-order valence-corrected chi connectivity index (χ4v) is 6.41. The molecule has 4 heterocycles. The molecular formula is C33H30Cl2FN5O. The molecule has 0 amide bonds. The average molecular weight is 603 g/mol. The molecule has 0 saturated carbocycles. The maximum Gasteiger partial charge on any atom is 0.157 e. The van der Waals surface area contributed by atoms with Crippen molar-refractivity contribution in [3.8, 4) is 28.5 Å². The summed E-state index contributed by atoms with van der Waals surface area (Å²) >= 11 is 12.9. The second-order valence-electron chi connectivity index (χ2n) is 11.5. The molecule has 1 aliphatic heterocycles. The molecule has 1 saturated heterocycles. The number of hydrogen-bond donors (Lipinski definition) is 2. The van der Waals surface area contributed by atoms with Crippen LogP contribution in [0.25, 0.3) is 44.2 Å². The number of pyridine rings is 2. The first-order chi connectivity index (χ1) is 20.1. The van der Waals surface area contributed by atoms with Crippen molar-refractivity contribution in [1.82, 2.24) is 19.9 Å². The highest BCUT2D eigenvalue weighted by Gasteiger charge is 2.28. The minimum absolute atomic E-state index is 0.184. The zero-order valence-electron chi connectivity index (χ0n) is 23.6. The van der Waals surface area contributed by atoms with Gasteiger partial charge in [-0.1, -0.05) is 35.3 Å². The topological polar surface area (TPSA) is 88.8 Å². The van der Waals surface area contributed by atoms with Crippen LogP contribution in [0, 0.1) is 17.1 Å². The minimum Gasteiger partial charge on any atom is -0.384 e. The molecule has 6 nitrogen and oxygen atoms in total. The van der Waals surface area contributed by atoms with Gasteiger partial charge in [-0.2, -0.15) is 5.26 Å². The van der Waals surface area contributed by atoms with Gasteiger partial charge in [0.25, 0.3) is 0 Å². The van der Waals surface area contributed by atoms with Crippen LogP contribution in [0.2, 0.25) is 10.0 Å². The second kappa shape index (κ2) is 10.9. The molecule has 2 N–H and O–H groups in total. The molecular weight excluding hydrogens is 572 g/mol. The van der Waals surface area contributed by atoms with Crippen molar-refractivity contribution in [2.24, 2.45) is 0 Å². The summed E-state index contributed by atoms with van der Waals surface area (Å²) in [6.45, 7) is 4.37. The van der Waals surface area contributed by atoms with E-state index >= 15 is 4.39 Å². The Labute approximate surface area is 253 Å². The van der Waals surface area contributed by atoms with E-state index in [1.807, 2.05) is 12.1 Å². The number of halogens is 3. The van der Waals surface area contributed by atoms with Crippen LogP contribution in [0.3, 0.4) is 0 Å². The Hall–Kier alpha value is -3.54. The Morgan fingerprint density at radius 1 is 1.19 bits per heavy atom. The number of fused-ring (bicyclic) bond motifs is 3. The molecule has 214 valence electrons. The standard InChI is InChI=1S/C33H30Cl2FN5O/c1-33(2,42)26-12-11-19(17-38-26)30-22-16-24(25-10-6-14-41(25)3)39-31(22)21-15-18(7-5-13-37)27(29(36)32(21)40-30)20-8-4-9-23(34)28(20)35/h4,8-9,11-12,15-17,25,39,42H,5-7,10,14H2,1-3H3. The van der Waals surface area contributed by atoms with Crippen LogP contribution in [-0.4, -0.2) is 38.6 Å². The maximum absolute atomic E-state index is 16.9. The van der Waals surface area contributed by atoms with E-state index in [0.717, 1.165) is 36.0 Å². The molecule has 2 aromatic carbocycles. The van der Waals surface area contributed by atoms with E-state index in [-0.39, 0.29) is 23.0 Å². The molecule has 3 aromatic heterocycles. The van der Waals surface area contributed by atoms with Gasteiger partial charge in [0.15, 0.2) is 5.82 Å². The maximum atomic E-state index is 16.9. The summed E-state index contributed by atoms with van der Waals surface area (Å²) in [5, 5.41) is 21.9. The van der Waals surface area contributed by atoms with Gasteiger partial charge in [-0.05, 0) is 82.6 Å². The largest absolute Gasteiger partial charge is 0.384 e. The molecule has 0 spiro atoms. The van der Waals surface area contributed by atoms with Gasteiger partial charge in [-0.25, -0.2) is 9.37 Å². The summed E-state index contributed by atoms with van der Waals surface area (Å²) in [6, 6.07) is 15.2. The summed E-state index contributed by atoms with van der Waals surface area (Å²) in [4.78, 5) is 15.4. The lowest BCUT2D eigenvalue weighted by Gasteiger charge is -2.18. The Bertz CT molecular complexity index is 1870. The molecule has 1 aliphatic rings. The third-order valence-corrected chi connectivity index (χ3v) is 9.00. The molecule has 6 rings (SSSR count). The number of likely N-dealkylation sites (tertiary alicyclic amines) is 1. The zero-order valence-corrected chi connectivity index (χ0v) is 25.1. The van der Waals surface area contributed by atoms with E-state index in [0.29, 0.717) is 50.5 Å². The Morgan fingerprint density at radius 3 is 2.67 bits per heavy atom. The normalized spacial score (nSPS) is 16.0. The summed E-state index contributed by atoms with van der Waals surface area (Å²) in [7, 11) is 2.11. The van der Waals surface area contributed by atoms with Crippen molar-refractivity contribution in [2.75, 3.05) is 13.6 Å². The monoisotopic (exact) mass is 601 g/mol. The smallest absolute Gasteiger partial charge is 0.157 e. The minimum atomic E-state index is -1.10. The van der Waals surface area contributed by atoms with Crippen LogP contribution in [0.1, 0.15) is 56.1 Å². The number of H-pyrrole nitrogens is 1. The number of aromatic nitrogens is 3. The van der Waals surface area contributed by atoms with Crippen LogP contribution in [0.15, 0.2) is 48.7 Å². The Morgan fingerprint density at radius 2 is 2.00 bits per heavy atom. The molecule has 0 bridgehead atoms. The van der Waals surface area contributed by atoms with Crippen molar-refractivity contribution in [2.45, 2.75) is 51.2 Å². The lowest BCUT2D eigenvalue weighted by atomic mass is 9.92. The predicted octanol–water partition coefficient (Wildman–Crippen LogP) is 8.34. The van der Waals surface area contributed by atoms with Crippen molar-refractivity contribution in [1.29, 1.82) is 5.26 Å². The number of nitrogens with one attached hydrogen (secondary N) is 1. The first-order valence-electron chi connectivity index (χ1n) is 14.0. The van der Waals surface area contributed by atoms with Crippen LogP contribution in [0.4, 0.5) is 4.39 Å². The van der Waals surface area contributed by atoms with Gasteiger partial charge in [0.2, 0.25) is 0 Å². The number of benzene rings is 2. The van der Waals surface area contributed by atoms with Crippen LogP contribution >= 0.6 is 23.2 Å². The molecule has 0 radical (unpaired) electrons. The summed E-state index contributed by atoms with van der Waals surface area (Å²) in [6.07, 6.45) is 4.34. The molecule has 42 heavy (non-hydrogen) atoms. The highest BCUT2D eigenvalue weighted by atomic mass is 35.5. The highest BCUT2D eigenvalue weighted by molar-refractivity contribution is 6.43. The number of hydrogen-bond acceptors (Lipinski definition) is 5. The third kappa shape index (κ3) is 4.93. The number of aryl methyl sites for hydroxylation is 1.